The van der Waals surface area contributed by atoms with E-state index in [0.717, 1.165) is 36.5 Å². The maximum Gasteiger partial charge on any atom is 0.161 e. The Bertz CT molecular complexity index is 642. The van der Waals surface area contributed by atoms with E-state index in [9.17, 15) is 0 Å². The minimum absolute atomic E-state index is 0.0656. The van der Waals surface area contributed by atoms with Crippen molar-refractivity contribution < 1.29 is 14.2 Å². The molecule has 3 heteroatoms. The Balaban J connectivity index is 1.15. The van der Waals surface area contributed by atoms with E-state index in [1.165, 1.54) is 38.5 Å². The molecule has 10 atom stereocenters. The van der Waals surface area contributed by atoms with Gasteiger partial charge in [-0.15, -0.1) is 0 Å². The average molecular weight is 403 g/mol. The van der Waals surface area contributed by atoms with Crippen LogP contribution in [0.4, 0.5) is 0 Å². The second kappa shape index (κ2) is 5.81. The smallest absolute Gasteiger partial charge is 0.161 e. The van der Waals surface area contributed by atoms with Gasteiger partial charge < -0.3 is 14.2 Å². The van der Waals surface area contributed by atoms with Crippen LogP contribution in [0.25, 0.3) is 0 Å². The Morgan fingerprint density at radius 2 is 1.00 bits per heavy atom. The SMILES string of the molecule is CC1(C)[C@@H]2CC[C@@]1(C)C1O[C@H](O[C@@H]3CC[C@H]4[C@H]5CC[C@@](C)([C@H]4O3)C5(C)C)CC[C@H]12. The van der Waals surface area contributed by atoms with Crippen molar-refractivity contribution in [2.75, 3.05) is 0 Å². The van der Waals surface area contributed by atoms with Crippen LogP contribution in [0.3, 0.4) is 0 Å². The predicted molar refractivity (Wildman–Crippen MR) is 113 cm³/mol. The van der Waals surface area contributed by atoms with Gasteiger partial charge in [0.15, 0.2) is 12.6 Å². The highest BCUT2D eigenvalue weighted by Gasteiger charge is 2.69. The minimum Gasteiger partial charge on any atom is -0.348 e. The minimum atomic E-state index is -0.0656. The largest absolute Gasteiger partial charge is 0.348 e. The fourth-order valence-electron chi connectivity index (χ4n) is 9.70. The first-order valence-corrected chi connectivity index (χ1v) is 12.6. The summed E-state index contributed by atoms with van der Waals surface area (Å²) in [5, 5.41) is 0. The molecule has 4 aliphatic carbocycles. The lowest BCUT2D eigenvalue weighted by Crippen LogP contribution is -2.49. The molecule has 0 aromatic rings. The van der Waals surface area contributed by atoms with Crippen LogP contribution in [-0.2, 0) is 14.2 Å². The van der Waals surface area contributed by atoms with Gasteiger partial charge in [-0.2, -0.15) is 0 Å². The summed E-state index contributed by atoms with van der Waals surface area (Å²) in [7, 11) is 0. The molecule has 164 valence electrons. The van der Waals surface area contributed by atoms with Gasteiger partial charge in [0.2, 0.25) is 0 Å². The fraction of sp³-hybridized carbons (Fsp3) is 1.00. The molecule has 2 aliphatic heterocycles. The molecule has 0 aromatic heterocycles. The molecule has 2 heterocycles. The zero-order chi connectivity index (χ0) is 20.4. The lowest BCUT2D eigenvalue weighted by atomic mass is 9.69. The van der Waals surface area contributed by atoms with Crippen molar-refractivity contribution in [1.82, 2.24) is 0 Å². The highest BCUT2D eigenvalue weighted by atomic mass is 16.8. The summed E-state index contributed by atoms with van der Waals surface area (Å²) in [6.07, 6.45) is 10.7. The lowest BCUT2D eigenvalue weighted by molar-refractivity contribution is -0.319. The van der Waals surface area contributed by atoms with Crippen molar-refractivity contribution in [3.8, 4) is 0 Å². The highest BCUT2D eigenvalue weighted by Crippen LogP contribution is 2.71. The van der Waals surface area contributed by atoms with Crippen LogP contribution in [0.15, 0.2) is 0 Å². The quantitative estimate of drug-likeness (QED) is 0.554. The van der Waals surface area contributed by atoms with E-state index in [1.807, 2.05) is 0 Å². The summed E-state index contributed by atoms with van der Waals surface area (Å²) in [6.45, 7) is 14.9. The normalized spacial score (nSPS) is 59.0. The molecule has 1 unspecified atom stereocenters. The van der Waals surface area contributed by atoms with E-state index in [0.29, 0.717) is 33.9 Å². The molecular formula is C26H42O3. The summed E-state index contributed by atoms with van der Waals surface area (Å²) in [4.78, 5) is 0. The Kier molecular flexibility index (Phi) is 3.92. The van der Waals surface area contributed by atoms with E-state index in [4.69, 9.17) is 14.2 Å². The van der Waals surface area contributed by atoms with Crippen LogP contribution in [0.2, 0.25) is 0 Å². The number of hydrogen-bond donors (Lipinski definition) is 0. The van der Waals surface area contributed by atoms with E-state index in [-0.39, 0.29) is 12.6 Å². The van der Waals surface area contributed by atoms with Crippen LogP contribution in [0.1, 0.15) is 92.9 Å². The van der Waals surface area contributed by atoms with Crippen LogP contribution in [-0.4, -0.2) is 24.8 Å². The highest BCUT2D eigenvalue weighted by molar-refractivity contribution is 5.17. The summed E-state index contributed by atoms with van der Waals surface area (Å²) in [5.41, 5.74) is 1.42. The molecule has 6 rings (SSSR count). The third-order valence-corrected chi connectivity index (χ3v) is 12.2. The summed E-state index contributed by atoms with van der Waals surface area (Å²) < 4.78 is 20.0. The van der Waals surface area contributed by atoms with Gasteiger partial charge >= 0.3 is 0 Å². The summed E-state index contributed by atoms with van der Waals surface area (Å²) in [6, 6.07) is 0. The zero-order valence-corrected chi connectivity index (χ0v) is 19.5. The van der Waals surface area contributed by atoms with Gasteiger partial charge in [-0.1, -0.05) is 41.5 Å². The molecular weight excluding hydrogens is 360 g/mol. The fourth-order valence-corrected chi connectivity index (χ4v) is 9.70. The molecule has 0 amide bonds. The topological polar surface area (TPSA) is 27.7 Å². The van der Waals surface area contributed by atoms with Crippen molar-refractivity contribution in [3.05, 3.63) is 0 Å². The summed E-state index contributed by atoms with van der Waals surface area (Å²) in [5.74, 6) is 3.15. The van der Waals surface area contributed by atoms with Gasteiger partial charge in [-0.3, -0.25) is 0 Å². The first kappa shape index (κ1) is 19.6. The van der Waals surface area contributed by atoms with E-state index in [2.05, 4.69) is 41.5 Å². The molecule has 4 saturated carbocycles. The Hall–Kier alpha value is -0.120. The standard InChI is InChI=1S/C26H42O3/c1-23(2)17-11-13-25(23,5)21-15(17)7-9-19(28-21)27-20-10-8-16-18-12-14-26(6,22(16)29-20)24(18,3)4/h15-22H,7-14H2,1-6H3/t15-,16-,17+,18+,19-,20-,21-,22?,25-,26-/m0/s1. The van der Waals surface area contributed by atoms with E-state index < -0.39 is 0 Å². The predicted octanol–water partition coefficient (Wildman–Crippen LogP) is 6.16. The average Bonchev–Trinajstić information content (AvgIpc) is 3.18. The number of fused-ring (bicyclic) bond motifs is 10. The monoisotopic (exact) mass is 402 g/mol. The van der Waals surface area contributed by atoms with Crippen LogP contribution >= 0.6 is 0 Å². The second-order valence-corrected chi connectivity index (χ2v) is 13.2. The Morgan fingerprint density at radius 1 is 0.586 bits per heavy atom. The van der Waals surface area contributed by atoms with E-state index in [1.54, 1.807) is 0 Å². The number of ether oxygens (including phenoxy) is 3. The van der Waals surface area contributed by atoms with Crippen LogP contribution < -0.4 is 0 Å². The van der Waals surface area contributed by atoms with Crippen molar-refractivity contribution in [2.24, 2.45) is 45.3 Å². The van der Waals surface area contributed by atoms with Crippen LogP contribution in [0.5, 0.6) is 0 Å². The van der Waals surface area contributed by atoms with Gasteiger partial charge in [0.05, 0.1) is 12.2 Å². The molecule has 3 nitrogen and oxygen atoms in total. The van der Waals surface area contributed by atoms with Crippen molar-refractivity contribution in [3.63, 3.8) is 0 Å². The number of hydrogen-bond acceptors (Lipinski definition) is 3. The van der Waals surface area contributed by atoms with Gasteiger partial charge in [0, 0.05) is 0 Å². The molecule has 4 bridgehead atoms. The molecule has 0 aromatic carbocycles. The molecule has 0 spiro atoms. The zero-order valence-electron chi connectivity index (χ0n) is 19.5. The third-order valence-electron chi connectivity index (χ3n) is 12.2. The van der Waals surface area contributed by atoms with Crippen molar-refractivity contribution >= 4 is 0 Å². The second-order valence-electron chi connectivity index (χ2n) is 13.2. The van der Waals surface area contributed by atoms with Crippen molar-refractivity contribution in [2.45, 2.75) is 118 Å². The van der Waals surface area contributed by atoms with Gasteiger partial charge in [-0.25, -0.2) is 0 Å². The molecule has 2 saturated heterocycles. The Labute approximate surface area is 177 Å². The van der Waals surface area contributed by atoms with Gasteiger partial charge in [-0.05, 0) is 96.7 Å². The molecule has 6 fully saturated rings. The van der Waals surface area contributed by atoms with E-state index >= 15 is 0 Å². The van der Waals surface area contributed by atoms with Crippen LogP contribution in [0, 0.1) is 45.3 Å². The third kappa shape index (κ3) is 2.21. The van der Waals surface area contributed by atoms with Crippen molar-refractivity contribution in [1.29, 1.82) is 0 Å². The maximum absolute atomic E-state index is 6.72. The first-order chi connectivity index (χ1) is 13.6. The molecule has 6 aliphatic rings. The summed E-state index contributed by atoms with van der Waals surface area (Å²) >= 11 is 0. The Morgan fingerprint density at radius 3 is 1.41 bits per heavy atom. The molecule has 0 radical (unpaired) electrons. The molecule has 0 N–H and O–H groups in total. The maximum atomic E-state index is 6.72. The van der Waals surface area contributed by atoms with Gasteiger partial charge in [0.25, 0.3) is 0 Å². The lowest BCUT2D eigenvalue weighted by Gasteiger charge is -2.47. The first-order valence-electron chi connectivity index (χ1n) is 12.6. The van der Waals surface area contributed by atoms with Gasteiger partial charge in [0.1, 0.15) is 0 Å². The number of rotatable bonds is 2. The molecule has 29 heavy (non-hydrogen) atoms.